The molecule has 128 valence electrons. The van der Waals surface area contributed by atoms with Gasteiger partial charge in [0.25, 0.3) is 0 Å². The third-order valence-electron chi connectivity index (χ3n) is 4.00. The van der Waals surface area contributed by atoms with Crippen molar-refractivity contribution in [3.63, 3.8) is 0 Å². The first kappa shape index (κ1) is 17.5. The SMILES string of the molecule is Clc1ccccc1CNCc1cccc(OCCc2ccccc2)c1. The molecular weight excluding hydrogens is 330 g/mol. The highest BCUT2D eigenvalue weighted by Crippen LogP contribution is 2.16. The van der Waals surface area contributed by atoms with E-state index < -0.39 is 0 Å². The summed E-state index contributed by atoms with van der Waals surface area (Å²) >= 11 is 6.18. The van der Waals surface area contributed by atoms with E-state index >= 15 is 0 Å². The lowest BCUT2D eigenvalue weighted by atomic mass is 10.1. The molecular formula is C22H22ClNO. The number of ether oxygens (including phenoxy) is 1. The van der Waals surface area contributed by atoms with Crippen molar-refractivity contribution in [3.8, 4) is 5.75 Å². The summed E-state index contributed by atoms with van der Waals surface area (Å²) in [6, 6.07) is 26.5. The largest absolute Gasteiger partial charge is 0.493 e. The van der Waals surface area contributed by atoms with Gasteiger partial charge in [-0.05, 0) is 34.9 Å². The average Bonchev–Trinajstić information content (AvgIpc) is 2.65. The van der Waals surface area contributed by atoms with Crippen LogP contribution in [0.4, 0.5) is 0 Å². The Hall–Kier alpha value is -2.29. The molecule has 0 heterocycles. The quantitative estimate of drug-likeness (QED) is 0.598. The Labute approximate surface area is 154 Å². The lowest BCUT2D eigenvalue weighted by Crippen LogP contribution is -2.13. The van der Waals surface area contributed by atoms with E-state index in [1.165, 1.54) is 11.1 Å². The van der Waals surface area contributed by atoms with Gasteiger partial charge in [-0.25, -0.2) is 0 Å². The molecule has 0 unspecified atom stereocenters. The van der Waals surface area contributed by atoms with E-state index in [1.807, 2.05) is 42.5 Å². The van der Waals surface area contributed by atoms with Crippen molar-refractivity contribution in [2.24, 2.45) is 0 Å². The van der Waals surface area contributed by atoms with Crippen LogP contribution in [0.25, 0.3) is 0 Å². The molecule has 0 amide bonds. The zero-order chi connectivity index (χ0) is 17.3. The molecule has 0 aliphatic rings. The van der Waals surface area contributed by atoms with Gasteiger partial charge in [0.05, 0.1) is 6.61 Å². The average molecular weight is 352 g/mol. The third-order valence-corrected chi connectivity index (χ3v) is 4.37. The lowest BCUT2D eigenvalue weighted by molar-refractivity contribution is 0.321. The Kier molecular flexibility index (Phi) is 6.49. The third kappa shape index (κ3) is 5.63. The van der Waals surface area contributed by atoms with Crippen LogP contribution >= 0.6 is 11.6 Å². The van der Waals surface area contributed by atoms with E-state index in [0.29, 0.717) is 6.61 Å². The Morgan fingerprint density at radius 1 is 0.760 bits per heavy atom. The van der Waals surface area contributed by atoms with Gasteiger partial charge in [-0.15, -0.1) is 0 Å². The van der Waals surface area contributed by atoms with Crippen molar-refractivity contribution in [1.29, 1.82) is 0 Å². The predicted octanol–water partition coefficient (Wildman–Crippen LogP) is 5.25. The number of benzene rings is 3. The zero-order valence-electron chi connectivity index (χ0n) is 14.1. The molecule has 0 saturated heterocycles. The molecule has 1 N–H and O–H groups in total. The van der Waals surface area contributed by atoms with Gasteiger partial charge in [-0.3, -0.25) is 0 Å². The minimum Gasteiger partial charge on any atom is -0.493 e. The summed E-state index contributed by atoms with van der Waals surface area (Å²) in [7, 11) is 0. The van der Waals surface area contributed by atoms with Crippen LogP contribution in [0.3, 0.4) is 0 Å². The van der Waals surface area contributed by atoms with Crippen LogP contribution in [-0.4, -0.2) is 6.61 Å². The van der Waals surface area contributed by atoms with Gasteiger partial charge in [0.1, 0.15) is 5.75 Å². The fraction of sp³-hybridized carbons (Fsp3) is 0.182. The first-order chi connectivity index (χ1) is 12.3. The highest BCUT2D eigenvalue weighted by atomic mass is 35.5. The van der Waals surface area contributed by atoms with Gasteiger partial charge in [-0.1, -0.05) is 72.3 Å². The summed E-state index contributed by atoms with van der Waals surface area (Å²) < 4.78 is 5.89. The monoisotopic (exact) mass is 351 g/mol. The van der Waals surface area contributed by atoms with Gasteiger partial charge in [0.2, 0.25) is 0 Å². The van der Waals surface area contributed by atoms with Crippen LogP contribution in [0.1, 0.15) is 16.7 Å². The number of hydrogen-bond donors (Lipinski definition) is 1. The molecule has 0 atom stereocenters. The molecule has 3 aromatic carbocycles. The van der Waals surface area contributed by atoms with Crippen molar-refractivity contribution in [2.45, 2.75) is 19.5 Å². The molecule has 0 bridgehead atoms. The van der Waals surface area contributed by atoms with Crippen LogP contribution in [-0.2, 0) is 19.5 Å². The molecule has 0 radical (unpaired) electrons. The van der Waals surface area contributed by atoms with Gasteiger partial charge in [0, 0.05) is 24.5 Å². The van der Waals surface area contributed by atoms with Crippen molar-refractivity contribution in [1.82, 2.24) is 5.32 Å². The summed E-state index contributed by atoms with van der Waals surface area (Å²) in [4.78, 5) is 0. The lowest BCUT2D eigenvalue weighted by Gasteiger charge is -2.10. The Morgan fingerprint density at radius 3 is 2.36 bits per heavy atom. The maximum atomic E-state index is 6.18. The van der Waals surface area contributed by atoms with E-state index in [0.717, 1.165) is 35.8 Å². The number of hydrogen-bond acceptors (Lipinski definition) is 2. The zero-order valence-corrected chi connectivity index (χ0v) is 14.9. The summed E-state index contributed by atoms with van der Waals surface area (Å²) in [5, 5.41) is 4.23. The molecule has 2 nitrogen and oxygen atoms in total. The minimum atomic E-state index is 0.681. The second-order valence-corrected chi connectivity index (χ2v) is 6.33. The van der Waals surface area contributed by atoms with Crippen molar-refractivity contribution in [3.05, 3.63) is 101 Å². The van der Waals surface area contributed by atoms with Gasteiger partial charge >= 0.3 is 0 Å². The first-order valence-electron chi connectivity index (χ1n) is 8.51. The highest BCUT2D eigenvalue weighted by Gasteiger charge is 2.01. The molecule has 0 aromatic heterocycles. The van der Waals surface area contributed by atoms with E-state index in [4.69, 9.17) is 16.3 Å². The second kappa shape index (κ2) is 9.26. The Bertz CT molecular complexity index is 789. The summed E-state index contributed by atoms with van der Waals surface area (Å²) in [6.07, 6.45) is 0.913. The molecule has 25 heavy (non-hydrogen) atoms. The molecule has 0 fully saturated rings. The standard InChI is InChI=1S/C22H22ClNO/c23-22-12-5-4-10-20(22)17-24-16-19-9-6-11-21(15-19)25-14-13-18-7-2-1-3-8-18/h1-12,15,24H,13-14,16-17H2. The maximum absolute atomic E-state index is 6.18. The Morgan fingerprint density at radius 2 is 1.52 bits per heavy atom. The fourth-order valence-electron chi connectivity index (χ4n) is 2.66. The molecule has 0 aliphatic heterocycles. The Balaban J connectivity index is 1.47. The van der Waals surface area contributed by atoms with Crippen LogP contribution in [0.5, 0.6) is 5.75 Å². The van der Waals surface area contributed by atoms with Gasteiger partial charge < -0.3 is 10.1 Å². The molecule has 3 heteroatoms. The molecule has 0 spiro atoms. The summed E-state index contributed by atoms with van der Waals surface area (Å²) in [5.41, 5.74) is 3.60. The highest BCUT2D eigenvalue weighted by molar-refractivity contribution is 6.31. The normalized spacial score (nSPS) is 10.6. The van der Waals surface area contributed by atoms with E-state index in [9.17, 15) is 0 Å². The predicted molar refractivity (Wildman–Crippen MR) is 104 cm³/mol. The fourth-order valence-corrected chi connectivity index (χ4v) is 2.86. The number of rotatable bonds is 8. The maximum Gasteiger partial charge on any atom is 0.119 e. The van der Waals surface area contributed by atoms with Crippen LogP contribution in [0.15, 0.2) is 78.9 Å². The van der Waals surface area contributed by atoms with Crippen molar-refractivity contribution >= 4 is 11.6 Å². The summed E-state index contributed by atoms with van der Waals surface area (Å²) in [6.45, 7) is 2.21. The van der Waals surface area contributed by atoms with E-state index in [2.05, 4.69) is 41.7 Å². The van der Waals surface area contributed by atoms with Crippen LogP contribution in [0.2, 0.25) is 5.02 Å². The van der Waals surface area contributed by atoms with Crippen LogP contribution < -0.4 is 10.1 Å². The summed E-state index contributed by atoms with van der Waals surface area (Å²) in [5.74, 6) is 0.910. The van der Waals surface area contributed by atoms with Gasteiger partial charge in [-0.2, -0.15) is 0 Å². The number of halogens is 1. The van der Waals surface area contributed by atoms with Crippen molar-refractivity contribution in [2.75, 3.05) is 6.61 Å². The molecule has 0 saturated carbocycles. The van der Waals surface area contributed by atoms with Gasteiger partial charge in [0.15, 0.2) is 0 Å². The van der Waals surface area contributed by atoms with Crippen LogP contribution in [0, 0.1) is 0 Å². The molecule has 3 rings (SSSR count). The van der Waals surface area contributed by atoms with E-state index in [-0.39, 0.29) is 0 Å². The van der Waals surface area contributed by atoms with E-state index in [1.54, 1.807) is 0 Å². The second-order valence-electron chi connectivity index (χ2n) is 5.93. The smallest absolute Gasteiger partial charge is 0.119 e. The first-order valence-corrected chi connectivity index (χ1v) is 8.89. The topological polar surface area (TPSA) is 21.3 Å². The molecule has 3 aromatic rings. The number of nitrogens with one attached hydrogen (secondary N) is 1. The minimum absolute atomic E-state index is 0.681. The molecule has 0 aliphatic carbocycles. The van der Waals surface area contributed by atoms with Crippen molar-refractivity contribution < 1.29 is 4.74 Å².